The molecule has 1 unspecified atom stereocenters. The average Bonchev–Trinajstić information content (AvgIpc) is 3.16. The third kappa shape index (κ3) is 4.51. The van der Waals surface area contributed by atoms with Crippen molar-refractivity contribution in [3.05, 3.63) is 74.2 Å². The van der Waals surface area contributed by atoms with E-state index < -0.39 is 11.0 Å². The van der Waals surface area contributed by atoms with E-state index in [1.165, 1.54) is 12.1 Å². The number of likely N-dealkylation sites (tertiary alicyclic amines) is 1. The number of amides is 2. The maximum absolute atomic E-state index is 12.7. The third-order valence-electron chi connectivity index (χ3n) is 4.52. The van der Waals surface area contributed by atoms with Gasteiger partial charge in [0.2, 0.25) is 5.91 Å². The smallest absolute Gasteiger partial charge is 0.269 e. The summed E-state index contributed by atoms with van der Waals surface area (Å²) in [6.45, 7) is 0.804. The zero-order valence-electron chi connectivity index (χ0n) is 14.4. The number of nitro groups is 1. The number of benzene rings is 2. The maximum Gasteiger partial charge on any atom is 0.269 e. The van der Waals surface area contributed by atoms with E-state index in [0.717, 1.165) is 16.5 Å². The van der Waals surface area contributed by atoms with Gasteiger partial charge in [-0.15, -0.1) is 0 Å². The first-order valence-corrected chi connectivity index (χ1v) is 9.32. The standard InChI is InChI=1S/C19H18BrN3O4/c20-15-7-5-14(6-8-15)19(25)22-11-1-2-17(22)18(24)21-12-13-3-9-16(10-4-13)23(26)27/h3-10,17H,1-2,11-12H2,(H,21,24). The van der Waals surface area contributed by atoms with Crippen LogP contribution in [0.3, 0.4) is 0 Å². The summed E-state index contributed by atoms with van der Waals surface area (Å²) in [4.78, 5) is 37.1. The van der Waals surface area contributed by atoms with Crippen molar-refractivity contribution in [3.8, 4) is 0 Å². The van der Waals surface area contributed by atoms with Crippen molar-refractivity contribution in [2.75, 3.05) is 6.54 Å². The second kappa shape index (κ2) is 8.30. The van der Waals surface area contributed by atoms with Crippen LogP contribution in [0.15, 0.2) is 53.0 Å². The zero-order valence-corrected chi connectivity index (χ0v) is 16.0. The molecule has 1 fully saturated rings. The largest absolute Gasteiger partial charge is 0.350 e. The third-order valence-corrected chi connectivity index (χ3v) is 5.05. The van der Waals surface area contributed by atoms with E-state index in [9.17, 15) is 19.7 Å². The molecule has 140 valence electrons. The summed E-state index contributed by atoms with van der Waals surface area (Å²) in [6, 6.07) is 12.6. The lowest BCUT2D eigenvalue weighted by Gasteiger charge is -2.24. The summed E-state index contributed by atoms with van der Waals surface area (Å²) in [5.41, 5.74) is 1.32. The zero-order chi connectivity index (χ0) is 19.4. The Morgan fingerprint density at radius 1 is 1.15 bits per heavy atom. The van der Waals surface area contributed by atoms with Crippen molar-refractivity contribution in [1.29, 1.82) is 0 Å². The molecule has 2 amide bonds. The molecular weight excluding hydrogens is 414 g/mol. The molecule has 0 saturated carbocycles. The first-order valence-electron chi connectivity index (χ1n) is 8.53. The van der Waals surface area contributed by atoms with Gasteiger partial charge >= 0.3 is 0 Å². The fourth-order valence-corrected chi connectivity index (χ4v) is 3.35. The van der Waals surface area contributed by atoms with Crippen LogP contribution in [0, 0.1) is 10.1 Å². The second-order valence-corrected chi connectivity index (χ2v) is 7.22. The van der Waals surface area contributed by atoms with E-state index in [-0.39, 0.29) is 24.0 Å². The van der Waals surface area contributed by atoms with Crippen molar-refractivity contribution in [1.82, 2.24) is 10.2 Å². The fraction of sp³-hybridized carbons (Fsp3) is 0.263. The molecule has 1 aliphatic heterocycles. The van der Waals surface area contributed by atoms with Crippen LogP contribution < -0.4 is 5.32 Å². The van der Waals surface area contributed by atoms with Gasteiger partial charge in [-0.05, 0) is 42.7 Å². The highest BCUT2D eigenvalue weighted by Crippen LogP contribution is 2.21. The Bertz CT molecular complexity index is 852. The predicted octanol–water partition coefficient (Wildman–Crippen LogP) is 3.28. The highest BCUT2D eigenvalue weighted by molar-refractivity contribution is 9.10. The maximum atomic E-state index is 12.7. The van der Waals surface area contributed by atoms with Crippen molar-refractivity contribution in [3.63, 3.8) is 0 Å². The lowest BCUT2D eigenvalue weighted by atomic mass is 10.1. The average molecular weight is 432 g/mol. The van der Waals surface area contributed by atoms with E-state index in [0.29, 0.717) is 18.5 Å². The molecule has 1 atom stereocenters. The number of non-ortho nitro benzene ring substituents is 1. The van der Waals surface area contributed by atoms with Gasteiger partial charge in [0.1, 0.15) is 6.04 Å². The summed E-state index contributed by atoms with van der Waals surface area (Å²) in [7, 11) is 0. The van der Waals surface area contributed by atoms with Gasteiger partial charge in [0.15, 0.2) is 0 Å². The Morgan fingerprint density at radius 2 is 1.81 bits per heavy atom. The van der Waals surface area contributed by atoms with Crippen LogP contribution in [0.1, 0.15) is 28.8 Å². The van der Waals surface area contributed by atoms with Gasteiger partial charge in [0, 0.05) is 35.3 Å². The molecule has 1 N–H and O–H groups in total. The Labute approximate surface area is 164 Å². The first-order chi connectivity index (χ1) is 13.0. The van der Waals surface area contributed by atoms with Gasteiger partial charge in [-0.2, -0.15) is 0 Å². The topological polar surface area (TPSA) is 92.5 Å². The van der Waals surface area contributed by atoms with Crippen LogP contribution in [0.2, 0.25) is 0 Å². The Balaban J connectivity index is 1.62. The van der Waals surface area contributed by atoms with E-state index in [1.807, 2.05) is 0 Å². The van der Waals surface area contributed by atoms with Gasteiger partial charge in [-0.1, -0.05) is 28.1 Å². The molecule has 0 aliphatic carbocycles. The highest BCUT2D eigenvalue weighted by atomic mass is 79.9. The van der Waals surface area contributed by atoms with Gasteiger partial charge in [0.05, 0.1) is 4.92 Å². The predicted molar refractivity (Wildman–Crippen MR) is 103 cm³/mol. The van der Waals surface area contributed by atoms with Crippen LogP contribution in [0.25, 0.3) is 0 Å². The number of carbonyl (C=O) groups excluding carboxylic acids is 2. The van der Waals surface area contributed by atoms with Crippen LogP contribution in [-0.4, -0.2) is 34.2 Å². The quantitative estimate of drug-likeness (QED) is 0.580. The number of nitro benzene ring substituents is 1. The monoisotopic (exact) mass is 431 g/mol. The van der Waals surface area contributed by atoms with Crippen LogP contribution in [0.5, 0.6) is 0 Å². The first kappa shape index (κ1) is 19.0. The number of nitrogens with one attached hydrogen (secondary N) is 1. The molecule has 7 nitrogen and oxygen atoms in total. The SMILES string of the molecule is O=C(NCc1ccc([N+](=O)[O-])cc1)C1CCCN1C(=O)c1ccc(Br)cc1. The van der Waals surface area contributed by atoms with Gasteiger partial charge in [0.25, 0.3) is 11.6 Å². The second-order valence-electron chi connectivity index (χ2n) is 6.30. The molecule has 27 heavy (non-hydrogen) atoms. The number of carbonyl (C=O) groups is 2. The van der Waals surface area contributed by atoms with E-state index in [1.54, 1.807) is 41.3 Å². The van der Waals surface area contributed by atoms with Crippen LogP contribution in [0.4, 0.5) is 5.69 Å². The summed E-state index contributed by atoms with van der Waals surface area (Å²) >= 11 is 3.34. The minimum Gasteiger partial charge on any atom is -0.350 e. The van der Waals surface area contributed by atoms with Crippen molar-refractivity contribution >= 4 is 33.4 Å². The minimum absolute atomic E-state index is 0.00661. The lowest BCUT2D eigenvalue weighted by molar-refractivity contribution is -0.384. The molecule has 8 heteroatoms. The summed E-state index contributed by atoms with van der Waals surface area (Å²) in [6.07, 6.45) is 1.40. The number of nitrogens with zero attached hydrogens (tertiary/aromatic N) is 2. The molecule has 3 rings (SSSR count). The Morgan fingerprint density at radius 3 is 2.44 bits per heavy atom. The van der Waals surface area contributed by atoms with Crippen molar-refractivity contribution in [2.45, 2.75) is 25.4 Å². The molecule has 0 bridgehead atoms. The summed E-state index contributed by atoms with van der Waals surface area (Å²) in [5, 5.41) is 13.5. The van der Waals surface area contributed by atoms with E-state index >= 15 is 0 Å². The minimum atomic E-state index is -0.501. The van der Waals surface area contributed by atoms with Crippen molar-refractivity contribution in [2.24, 2.45) is 0 Å². The molecule has 0 aromatic heterocycles. The number of hydrogen-bond donors (Lipinski definition) is 1. The van der Waals surface area contributed by atoms with E-state index in [4.69, 9.17) is 0 Å². The van der Waals surface area contributed by atoms with Crippen molar-refractivity contribution < 1.29 is 14.5 Å². The van der Waals surface area contributed by atoms with Gasteiger partial charge in [-0.3, -0.25) is 19.7 Å². The molecule has 1 saturated heterocycles. The molecule has 1 heterocycles. The lowest BCUT2D eigenvalue weighted by Crippen LogP contribution is -2.45. The summed E-state index contributed by atoms with van der Waals surface area (Å²) in [5.74, 6) is -0.369. The summed E-state index contributed by atoms with van der Waals surface area (Å²) < 4.78 is 0.887. The number of hydrogen-bond acceptors (Lipinski definition) is 4. The molecule has 0 radical (unpaired) electrons. The molecular formula is C19H18BrN3O4. The Hall–Kier alpha value is -2.74. The van der Waals surface area contributed by atoms with Gasteiger partial charge in [-0.25, -0.2) is 0 Å². The van der Waals surface area contributed by atoms with E-state index in [2.05, 4.69) is 21.2 Å². The molecule has 0 spiro atoms. The van der Waals surface area contributed by atoms with Gasteiger partial charge < -0.3 is 10.2 Å². The Kier molecular flexibility index (Phi) is 5.85. The van der Waals surface area contributed by atoms with Crippen LogP contribution >= 0.6 is 15.9 Å². The molecule has 2 aromatic carbocycles. The normalized spacial score (nSPS) is 16.2. The molecule has 1 aliphatic rings. The fourth-order valence-electron chi connectivity index (χ4n) is 3.08. The highest BCUT2D eigenvalue weighted by Gasteiger charge is 2.34. The molecule has 2 aromatic rings. The van der Waals surface area contributed by atoms with Crippen LogP contribution in [-0.2, 0) is 11.3 Å². The number of halogens is 1. The number of rotatable bonds is 5.